The van der Waals surface area contributed by atoms with Crippen LogP contribution in [0.3, 0.4) is 0 Å². The van der Waals surface area contributed by atoms with E-state index in [9.17, 15) is 10.1 Å². The van der Waals surface area contributed by atoms with Gasteiger partial charge in [0.15, 0.2) is 0 Å². The molecule has 1 fully saturated rings. The van der Waals surface area contributed by atoms with E-state index in [4.69, 9.17) is 10.5 Å². The Morgan fingerprint density at radius 3 is 2.47 bits per heavy atom. The first-order chi connectivity index (χ1) is 7.82. The van der Waals surface area contributed by atoms with Gasteiger partial charge in [-0.3, -0.25) is 10.1 Å². The van der Waals surface area contributed by atoms with E-state index < -0.39 is 10.5 Å². The van der Waals surface area contributed by atoms with Gasteiger partial charge in [0.05, 0.1) is 23.1 Å². The first-order valence-corrected chi connectivity index (χ1v) is 5.43. The molecule has 5 heteroatoms. The minimum absolute atomic E-state index is 0.0684. The molecule has 0 heterocycles. The van der Waals surface area contributed by atoms with Gasteiger partial charge < -0.3 is 10.5 Å². The molecule has 2 rings (SSSR count). The van der Waals surface area contributed by atoms with Crippen LogP contribution < -0.4 is 10.5 Å². The fourth-order valence-electron chi connectivity index (χ4n) is 2.27. The SMILES string of the molecule is COc1ccc([N+](=O)[O-])c(C2(N)CC2(C)C)c1. The lowest BCUT2D eigenvalue weighted by Gasteiger charge is -2.16. The molecule has 0 aliphatic heterocycles. The number of benzene rings is 1. The number of nitrogens with zero attached hydrogens (tertiary/aromatic N) is 1. The maximum atomic E-state index is 11.0. The summed E-state index contributed by atoms with van der Waals surface area (Å²) in [6.45, 7) is 4.02. The zero-order valence-corrected chi connectivity index (χ0v) is 10.2. The molecule has 0 saturated heterocycles. The van der Waals surface area contributed by atoms with Crippen LogP contribution in [0.25, 0.3) is 0 Å². The van der Waals surface area contributed by atoms with Crippen LogP contribution in [0, 0.1) is 15.5 Å². The molecule has 17 heavy (non-hydrogen) atoms. The number of nitrogens with two attached hydrogens (primary N) is 1. The van der Waals surface area contributed by atoms with Gasteiger partial charge in [0, 0.05) is 6.07 Å². The number of ether oxygens (including phenoxy) is 1. The van der Waals surface area contributed by atoms with Crippen LogP contribution in [0.4, 0.5) is 5.69 Å². The molecular formula is C12H16N2O3. The molecular weight excluding hydrogens is 220 g/mol. The van der Waals surface area contributed by atoms with Gasteiger partial charge in [0.25, 0.3) is 5.69 Å². The molecule has 1 aromatic rings. The second-order valence-corrected chi connectivity index (χ2v) is 5.17. The molecule has 1 aliphatic rings. The highest BCUT2D eigenvalue weighted by atomic mass is 16.6. The van der Waals surface area contributed by atoms with Gasteiger partial charge >= 0.3 is 0 Å². The van der Waals surface area contributed by atoms with Crippen molar-refractivity contribution in [1.82, 2.24) is 0 Å². The van der Waals surface area contributed by atoms with Crippen molar-refractivity contribution in [2.75, 3.05) is 7.11 Å². The van der Waals surface area contributed by atoms with E-state index in [1.165, 1.54) is 13.2 Å². The Bertz CT molecular complexity index is 485. The molecule has 1 aromatic carbocycles. The minimum Gasteiger partial charge on any atom is -0.497 e. The summed E-state index contributed by atoms with van der Waals surface area (Å²) in [6, 6.07) is 4.71. The van der Waals surface area contributed by atoms with E-state index in [1.807, 2.05) is 13.8 Å². The van der Waals surface area contributed by atoms with Crippen molar-refractivity contribution in [1.29, 1.82) is 0 Å². The van der Waals surface area contributed by atoms with Crippen LogP contribution >= 0.6 is 0 Å². The van der Waals surface area contributed by atoms with Gasteiger partial charge in [-0.1, -0.05) is 13.8 Å². The number of rotatable bonds is 3. The Kier molecular flexibility index (Phi) is 2.39. The molecule has 0 aromatic heterocycles. The second-order valence-electron chi connectivity index (χ2n) is 5.17. The van der Waals surface area contributed by atoms with Crippen LogP contribution in [-0.2, 0) is 5.54 Å². The molecule has 1 aliphatic carbocycles. The third-order valence-corrected chi connectivity index (χ3v) is 3.68. The fourth-order valence-corrected chi connectivity index (χ4v) is 2.27. The summed E-state index contributed by atoms with van der Waals surface area (Å²) in [7, 11) is 1.53. The summed E-state index contributed by atoms with van der Waals surface area (Å²) in [5, 5.41) is 11.0. The third kappa shape index (κ3) is 1.67. The average molecular weight is 236 g/mol. The topological polar surface area (TPSA) is 78.4 Å². The molecule has 1 unspecified atom stereocenters. The van der Waals surface area contributed by atoms with Crippen LogP contribution in [0.15, 0.2) is 18.2 Å². The van der Waals surface area contributed by atoms with Gasteiger partial charge in [0.2, 0.25) is 0 Å². The zero-order chi connectivity index (χ0) is 12.8. The molecule has 92 valence electrons. The molecule has 0 spiro atoms. The third-order valence-electron chi connectivity index (χ3n) is 3.68. The van der Waals surface area contributed by atoms with Crippen molar-refractivity contribution < 1.29 is 9.66 Å². The van der Waals surface area contributed by atoms with Gasteiger partial charge in [-0.05, 0) is 24.0 Å². The number of hydrogen-bond acceptors (Lipinski definition) is 4. The first kappa shape index (κ1) is 11.9. The number of methoxy groups -OCH3 is 1. The highest BCUT2D eigenvalue weighted by Gasteiger charge is 2.61. The molecule has 5 nitrogen and oxygen atoms in total. The van der Waals surface area contributed by atoms with E-state index >= 15 is 0 Å². The highest BCUT2D eigenvalue weighted by molar-refractivity contribution is 5.53. The monoisotopic (exact) mass is 236 g/mol. The Hall–Kier alpha value is -1.62. The standard InChI is InChI=1S/C12H16N2O3/c1-11(2)7-12(11,13)9-6-8(17-3)4-5-10(9)14(15)16/h4-6H,7,13H2,1-3H3. The maximum absolute atomic E-state index is 11.0. The second kappa shape index (κ2) is 3.43. The van der Waals surface area contributed by atoms with Crippen molar-refractivity contribution in [3.8, 4) is 5.75 Å². The minimum atomic E-state index is -0.621. The summed E-state index contributed by atoms with van der Waals surface area (Å²) in [4.78, 5) is 10.6. The predicted molar refractivity (Wildman–Crippen MR) is 63.9 cm³/mol. The smallest absolute Gasteiger partial charge is 0.274 e. The van der Waals surface area contributed by atoms with Gasteiger partial charge in [-0.15, -0.1) is 0 Å². The average Bonchev–Trinajstić information content (AvgIpc) is 2.78. The zero-order valence-electron chi connectivity index (χ0n) is 10.2. The predicted octanol–water partition coefficient (Wildman–Crippen LogP) is 2.19. The van der Waals surface area contributed by atoms with Crippen LogP contribution in [0.2, 0.25) is 0 Å². The molecule has 1 saturated carbocycles. The Balaban J connectivity index is 2.55. The lowest BCUT2D eigenvalue weighted by molar-refractivity contribution is -0.385. The van der Waals surface area contributed by atoms with E-state index in [0.717, 1.165) is 6.42 Å². The van der Waals surface area contributed by atoms with Crippen molar-refractivity contribution in [2.45, 2.75) is 25.8 Å². The van der Waals surface area contributed by atoms with Crippen LogP contribution in [0.1, 0.15) is 25.8 Å². The van der Waals surface area contributed by atoms with Crippen molar-refractivity contribution in [2.24, 2.45) is 11.1 Å². The first-order valence-electron chi connectivity index (χ1n) is 5.43. The van der Waals surface area contributed by atoms with Crippen LogP contribution in [0.5, 0.6) is 5.75 Å². The van der Waals surface area contributed by atoms with Crippen molar-refractivity contribution in [3.63, 3.8) is 0 Å². The lowest BCUT2D eigenvalue weighted by Crippen LogP contribution is -2.26. The summed E-state index contributed by atoms with van der Waals surface area (Å²) < 4.78 is 5.10. The molecule has 0 amide bonds. The van der Waals surface area contributed by atoms with E-state index in [0.29, 0.717) is 11.3 Å². The fraction of sp³-hybridized carbons (Fsp3) is 0.500. The summed E-state index contributed by atoms with van der Waals surface area (Å²) in [5.74, 6) is 0.595. The molecule has 0 bridgehead atoms. The highest BCUT2D eigenvalue weighted by Crippen LogP contribution is 2.62. The molecule has 0 radical (unpaired) electrons. The van der Waals surface area contributed by atoms with E-state index in [1.54, 1.807) is 12.1 Å². The van der Waals surface area contributed by atoms with Gasteiger partial charge in [-0.2, -0.15) is 0 Å². The van der Waals surface area contributed by atoms with Gasteiger partial charge in [-0.25, -0.2) is 0 Å². The van der Waals surface area contributed by atoms with Crippen molar-refractivity contribution >= 4 is 5.69 Å². The van der Waals surface area contributed by atoms with Crippen LogP contribution in [-0.4, -0.2) is 12.0 Å². The number of hydrogen-bond donors (Lipinski definition) is 1. The molecule has 2 N–H and O–H groups in total. The number of nitro benzene ring substituents is 1. The Morgan fingerprint density at radius 1 is 1.47 bits per heavy atom. The summed E-state index contributed by atoms with van der Waals surface area (Å²) in [6.07, 6.45) is 0.744. The van der Waals surface area contributed by atoms with Crippen molar-refractivity contribution in [3.05, 3.63) is 33.9 Å². The quantitative estimate of drug-likeness (QED) is 0.644. The Labute approximate surface area is 99.7 Å². The molecule has 1 atom stereocenters. The Morgan fingerprint density at radius 2 is 2.06 bits per heavy atom. The van der Waals surface area contributed by atoms with E-state index in [2.05, 4.69) is 0 Å². The maximum Gasteiger partial charge on any atom is 0.274 e. The summed E-state index contributed by atoms with van der Waals surface area (Å²) >= 11 is 0. The largest absolute Gasteiger partial charge is 0.497 e. The normalized spacial score (nSPS) is 25.4. The lowest BCUT2D eigenvalue weighted by atomic mass is 9.95. The van der Waals surface area contributed by atoms with E-state index in [-0.39, 0.29) is 11.1 Å². The summed E-state index contributed by atoms with van der Waals surface area (Å²) in [5.41, 5.74) is 6.15. The van der Waals surface area contributed by atoms with Gasteiger partial charge in [0.1, 0.15) is 5.75 Å². The number of nitro groups is 1.